The first kappa shape index (κ1) is 25.2. The van der Waals surface area contributed by atoms with Gasteiger partial charge in [-0.2, -0.15) is 4.37 Å². The molecule has 0 amide bonds. The maximum absolute atomic E-state index is 6.39. The van der Waals surface area contributed by atoms with Crippen molar-refractivity contribution in [1.82, 2.24) is 24.3 Å². The van der Waals surface area contributed by atoms with Gasteiger partial charge in [-0.1, -0.05) is 24.2 Å². The third kappa shape index (κ3) is 5.51. The fourth-order valence-corrected chi connectivity index (χ4v) is 6.07. The van der Waals surface area contributed by atoms with Crippen molar-refractivity contribution in [2.24, 2.45) is 0 Å². The molecule has 0 bridgehead atoms. The van der Waals surface area contributed by atoms with Gasteiger partial charge in [-0.15, -0.1) is 0 Å². The standard InChI is InChI=1S/C27H28N6O3S2/c1-17-9-13-28-18(2)23(17)35-20-14-19(37-22-8-4-7-12-29-22)15-30-24(20)31-26-32-25(33-38-26)21-16-34-27(36-21)10-5-3-6-11-27/h4,7-9,12-15,21H,3,5-6,10-11,16H2,1-2H3,(H,30,31,32,33)/t21-/m1/s1. The lowest BCUT2D eigenvalue weighted by molar-refractivity contribution is -0.188. The molecule has 6 rings (SSSR count). The van der Waals surface area contributed by atoms with Gasteiger partial charge in [-0.25, -0.2) is 15.0 Å². The molecule has 5 heterocycles. The highest BCUT2D eigenvalue weighted by atomic mass is 32.2. The molecule has 196 valence electrons. The first-order valence-electron chi connectivity index (χ1n) is 12.7. The van der Waals surface area contributed by atoms with E-state index in [1.165, 1.54) is 29.7 Å². The van der Waals surface area contributed by atoms with E-state index in [4.69, 9.17) is 19.2 Å². The van der Waals surface area contributed by atoms with Crippen LogP contribution in [0.15, 0.2) is 58.8 Å². The third-order valence-electron chi connectivity index (χ3n) is 6.60. The van der Waals surface area contributed by atoms with E-state index in [0.717, 1.165) is 46.9 Å². The highest BCUT2D eigenvalue weighted by Gasteiger charge is 2.44. The van der Waals surface area contributed by atoms with E-state index in [1.54, 1.807) is 18.6 Å². The molecule has 0 radical (unpaired) electrons. The molecule has 0 aromatic carbocycles. The molecule has 1 atom stereocenters. The Morgan fingerprint density at radius 3 is 2.79 bits per heavy atom. The van der Waals surface area contributed by atoms with Crippen LogP contribution < -0.4 is 10.1 Å². The average molecular weight is 549 g/mol. The predicted octanol–water partition coefficient (Wildman–Crippen LogP) is 6.78. The summed E-state index contributed by atoms with van der Waals surface area (Å²) in [5.41, 5.74) is 1.78. The van der Waals surface area contributed by atoms with Gasteiger partial charge in [0.15, 0.2) is 28.9 Å². The molecule has 1 spiro atoms. The molecule has 1 aliphatic carbocycles. The number of aromatic nitrogens is 5. The third-order valence-corrected chi connectivity index (χ3v) is 8.16. The Morgan fingerprint density at radius 1 is 1.08 bits per heavy atom. The van der Waals surface area contributed by atoms with Gasteiger partial charge in [-0.3, -0.25) is 4.98 Å². The number of hydrogen-bond acceptors (Lipinski definition) is 11. The normalized spacial score (nSPS) is 18.5. The molecular formula is C27H28N6O3S2. The highest BCUT2D eigenvalue weighted by Crippen LogP contribution is 2.43. The number of hydrogen-bond donors (Lipinski definition) is 1. The van der Waals surface area contributed by atoms with Crippen molar-refractivity contribution in [1.29, 1.82) is 0 Å². The lowest BCUT2D eigenvalue weighted by atomic mass is 9.94. The number of aryl methyl sites for hydroxylation is 2. The Hall–Kier alpha value is -3.12. The number of anilines is 2. The molecule has 1 saturated carbocycles. The van der Waals surface area contributed by atoms with Crippen LogP contribution in [0.4, 0.5) is 10.9 Å². The molecule has 11 heteroatoms. The zero-order chi connectivity index (χ0) is 26.0. The second-order valence-electron chi connectivity index (χ2n) is 9.40. The summed E-state index contributed by atoms with van der Waals surface area (Å²) in [6.07, 6.45) is 10.4. The minimum absolute atomic E-state index is 0.263. The second kappa shape index (κ2) is 10.9. The van der Waals surface area contributed by atoms with E-state index in [2.05, 4.69) is 24.6 Å². The van der Waals surface area contributed by atoms with Crippen molar-refractivity contribution in [2.75, 3.05) is 11.9 Å². The van der Waals surface area contributed by atoms with E-state index in [1.807, 2.05) is 44.2 Å². The van der Waals surface area contributed by atoms with Gasteiger partial charge < -0.3 is 19.5 Å². The monoisotopic (exact) mass is 548 g/mol. The van der Waals surface area contributed by atoms with Gasteiger partial charge in [0.2, 0.25) is 5.13 Å². The van der Waals surface area contributed by atoms with E-state index in [0.29, 0.717) is 34.9 Å². The summed E-state index contributed by atoms with van der Waals surface area (Å²) in [7, 11) is 0. The molecule has 38 heavy (non-hydrogen) atoms. The molecule has 2 aliphatic rings. The van der Waals surface area contributed by atoms with Gasteiger partial charge in [0.25, 0.3) is 0 Å². The minimum atomic E-state index is -0.467. The number of rotatable bonds is 7. The Labute approximate surface area is 229 Å². The topological polar surface area (TPSA) is 104 Å². The Morgan fingerprint density at radius 2 is 1.97 bits per heavy atom. The molecular weight excluding hydrogens is 520 g/mol. The lowest BCUT2D eigenvalue weighted by Crippen LogP contribution is -2.32. The minimum Gasteiger partial charge on any atom is -0.451 e. The van der Waals surface area contributed by atoms with Crippen LogP contribution in [0.3, 0.4) is 0 Å². The maximum atomic E-state index is 6.39. The van der Waals surface area contributed by atoms with Gasteiger partial charge in [0.05, 0.1) is 12.3 Å². The van der Waals surface area contributed by atoms with Crippen molar-refractivity contribution >= 4 is 34.2 Å². The fraction of sp³-hybridized carbons (Fsp3) is 0.370. The zero-order valence-corrected chi connectivity index (χ0v) is 22.8. The molecule has 1 saturated heterocycles. The Balaban J connectivity index is 1.25. The molecule has 0 unspecified atom stereocenters. The van der Waals surface area contributed by atoms with Gasteiger partial charge >= 0.3 is 0 Å². The highest BCUT2D eigenvalue weighted by molar-refractivity contribution is 7.99. The van der Waals surface area contributed by atoms with Crippen molar-refractivity contribution < 1.29 is 14.2 Å². The van der Waals surface area contributed by atoms with Gasteiger partial charge in [-0.05, 0) is 50.5 Å². The summed E-state index contributed by atoms with van der Waals surface area (Å²) in [4.78, 5) is 19.1. The first-order chi connectivity index (χ1) is 18.6. The van der Waals surface area contributed by atoms with Crippen LogP contribution >= 0.6 is 23.3 Å². The Bertz CT molecular complexity index is 1390. The fourth-order valence-electron chi connectivity index (χ4n) is 4.68. The van der Waals surface area contributed by atoms with Gasteiger partial charge in [0.1, 0.15) is 11.1 Å². The molecule has 2 fully saturated rings. The van der Waals surface area contributed by atoms with Crippen LogP contribution in [0.25, 0.3) is 0 Å². The largest absolute Gasteiger partial charge is 0.451 e. The van der Waals surface area contributed by atoms with E-state index in [9.17, 15) is 0 Å². The lowest BCUT2D eigenvalue weighted by Gasteiger charge is -2.31. The van der Waals surface area contributed by atoms with Crippen LogP contribution in [-0.2, 0) is 9.47 Å². The van der Waals surface area contributed by atoms with Crippen molar-refractivity contribution in [3.8, 4) is 11.5 Å². The van der Waals surface area contributed by atoms with E-state index >= 15 is 0 Å². The van der Waals surface area contributed by atoms with Crippen molar-refractivity contribution in [2.45, 2.75) is 67.8 Å². The zero-order valence-electron chi connectivity index (χ0n) is 21.2. The number of pyridine rings is 3. The SMILES string of the molecule is Cc1ccnc(C)c1Oc1cc(Sc2ccccn2)cnc1Nc1nc([C@H]2COC3(CCCCC3)O2)ns1. The number of ether oxygens (including phenoxy) is 3. The van der Waals surface area contributed by atoms with Crippen molar-refractivity contribution in [3.63, 3.8) is 0 Å². The molecule has 4 aromatic rings. The number of nitrogens with one attached hydrogen (secondary N) is 1. The molecule has 9 nitrogen and oxygen atoms in total. The van der Waals surface area contributed by atoms with Crippen molar-refractivity contribution in [3.05, 3.63) is 66.0 Å². The first-order valence-corrected chi connectivity index (χ1v) is 14.3. The van der Waals surface area contributed by atoms with E-state index in [-0.39, 0.29) is 6.10 Å². The summed E-state index contributed by atoms with van der Waals surface area (Å²) in [6.45, 7) is 4.40. The summed E-state index contributed by atoms with van der Waals surface area (Å²) in [6, 6.07) is 9.69. The quantitative estimate of drug-likeness (QED) is 0.266. The Kier molecular flexibility index (Phi) is 7.24. The van der Waals surface area contributed by atoms with Crippen LogP contribution in [0.5, 0.6) is 11.5 Å². The van der Waals surface area contributed by atoms with E-state index < -0.39 is 5.79 Å². The smallest absolute Gasteiger partial charge is 0.208 e. The summed E-state index contributed by atoms with van der Waals surface area (Å²) in [5, 5.41) is 4.78. The summed E-state index contributed by atoms with van der Waals surface area (Å²) in [5.74, 6) is 1.95. The molecule has 4 aromatic heterocycles. The van der Waals surface area contributed by atoms with Crippen LogP contribution in [0, 0.1) is 13.8 Å². The maximum Gasteiger partial charge on any atom is 0.208 e. The van der Waals surface area contributed by atoms with Gasteiger partial charge in [0, 0.05) is 53.9 Å². The summed E-state index contributed by atoms with van der Waals surface area (Å²) >= 11 is 2.78. The second-order valence-corrected chi connectivity index (χ2v) is 11.2. The summed E-state index contributed by atoms with van der Waals surface area (Å²) < 4.78 is 23.4. The van der Waals surface area contributed by atoms with Crippen LogP contribution in [0.2, 0.25) is 0 Å². The molecule has 1 N–H and O–H groups in total. The predicted molar refractivity (Wildman–Crippen MR) is 145 cm³/mol. The van der Waals surface area contributed by atoms with Crippen LogP contribution in [0.1, 0.15) is 55.3 Å². The average Bonchev–Trinajstić information content (AvgIpc) is 3.56. The van der Waals surface area contributed by atoms with Crippen LogP contribution in [-0.4, -0.2) is 36.7 Å². The molecule has 1 aliphatic heterocycles. The number of nitrogens with zero attached hydrogens (tertiary/aromatic N) is 5.